The van der Waals surface area contributed by atoms with E-state index in [-0.39, 0.29) is 5.91 Å². The Bertz CT molecular complexity index is 413. The number of hydrogen-bond acceptors (Lipinski definition) is 3. The van der Waals surface area contributed by atoms with Gasteiger partial charge in [-0.2, -0.15) is 11.8 Å². The maximum absolute atomic E-state index is 12.1. The Morgan fingerprint density at radius 2 is 1.95 bits per heavy atom. The zero-order chi connectivity index (χ0) is 13.7. The first-order chi connectivity index (χ1) is 9.19. The first-order valence-corrected chi connectivity index (χ1v) is 8.03. The van der Waals surface area contributed by atoms with Crippen molar-refractivity contribution < 1.29 is 9.69 Å². The molecule has 0 spiro atoms. The molecule has 0 atom stereocenters. The van der Waals surface area contributed by atoms with E-state index in [1.807, 2.05) is 29.3 Å². The standard InChI is InChI=1S/C14H21N3OS/c1-16-7-9-17(10-8-16)15-14(18)13-5-3-12(4-6-13)11-19-2/h3-6H,7-11H2,1-2H3,(H,15,18)/p+1. The Hall–Kier alpha value is -1.04. The van der Waals surface area contributed by atoms with Crippen molar-refractivity contribution in [2.75, 3.05) is 39.5 Å². The number of carbonyl (C=O) groups excluding carboxylic acids is 1. The highest BCUT2D eigenvalue weighted by molar-refractivity contribution is 7.97. The molecule has 2 rings (SSSR count). The molecule has 1 heterocycles. The number of likely N-dealkylation sites (N-methyl/N-ethyl adjacent to an activating group) is 1. The minimum absolute atomic E-state index is 0.00439. The van der Waals surface area contributed by atoms with Crippen molar-refractivity contribution >= 4 is 17.7 Å². The molecular formula is C14H22N3OS+. The summed E-state index contributed by atoms with van der Waals surface area (Å²) in [5.41, 5.74) is 4.97. The number of quaternary nitrogens is 1. The van der Waals surface area contributed by atoms with E-state index in [1.165, 1.54) is 10.5 Å². The molecule has 0 aliphatic carbocycles. The van der Waals surface area contributed by atoms with Gasteiger partial charge in [-0.05, 0) is 24.0 Å². The molecule has 1 aromatic rings. The second-order valence-electron chi connectivity index (χ2n) is 5.02. The summed E-state index contributed by atoms with van der Waals surface area (Å²) in [4.78, 5) is 13.6. The third-order valence-corrected chi connectivity index (χ3v) is 4.03. The first kappa shape index (κ1) is 14.4. The number of nitrogens with one attached hydrogen (secondary N) is 2. The third-order valence-electron chi connectivity index (χ3n) is 3.40. The van der Waals surface area contributed by atoms with Gasteiger partial charge in [0.15, 0.2) is 0 Å². The van der Waals surface area contributed by atoms with Crippen LogP contribution in [0.5, 0.6) is 0 Å². The summed E-state index contributed by atoms with van der Waals surface area (Å²) in [5.74, 6) is 0.985. The van der Waals surface area contributed by atoms with Gasteiger partial charge in [0.25, 0.3) is 5.91 Å². The summed E-state index contributed by atoms with van der Waals surface area (Å²) in [7, 11) is 2.18. The number of thioether (sulfide) groups is 1. The Morgan fingerprint density at radius 1 is 1.32 bits per heavy atom. The van der Waals surface area contributed by atoms with Crippen LogP contribution in [0, 0.1) is 0 Å². The number of amides is 1. The fourth-order valence-corrected chi connectivity index (χ4v) is 2.65. The lowest BCUT2D eigenvalue weighted by Gasteiger charge is -2.30. The Balaban J connectivity index is 1.88. The average Bonchev–Trinajstić information content (AvgIpc) is 2.42. The van der Waals surface area contributed by atoms with Crippen LogP contribution in [0.25, 0.3) is 0 Å². The van der Waals surface area contributed by atoms with E-state index < -0.39 is 0 Å². The van der Waals surface area contributed by atoms with E-state index in [0.717, 1.165) is 37.5 Å². The molecule has 1 aliphatic rings. The van der Waals surface area contributed by atoms with Gasteiger partial charge in [0.05, 0.1) is 33.2 Å². The minimum Gasteiger partial charge on any atom is -0.335 e. The van der Waals surface area contributed by atoms with Crippen molar-refractivity contribution in [3.05, 3.63) is 35.4 Å². The molecule has 0 unspecified atom stereocenters. The van der Waals surface area contributed by atoms with Gasteiger partial charge < -0.3 is 4.90 Å². The van der Waals surface area contributed by atoms with Gasteiger partial charge in [0, 0.05) is 11.3 Å². The SMILES string of the molecule is CSCc1ccc(C(=O)NN2CC[NH+](C)CC2)cc1. The van der Waals surface area contributed by atoms with Gasteiger partial charge in [-0.15, -0.1) is 0 Å². The van der Waals surface area contributed by atoms with Crippen LogP contribution < -0.4 is 10.3 Å². The van der Waals surface area contributed by atoms with E-state index in [2.05, 4.69) is 18.7 Å². The van der Waals surface area contributed by atoms with Crippen molar-refractivity contribution in [2.24, 2.45) is 0 Å². The molecule has 1 aromatic carbocycles. The number of benzene rings is 1. The van der Waals surface area contributed by atoms with Gasteiger partial charge in [-0.25, -0.2) is 5.01 Å². The Labute approximate surface area is 119 Å². The highest BCUT2D eigenvalue weighted by Crippen LogP contribution is 2.10. The quantitative estimate of drug-likeness (QED) is 0.817. The van der Waals surface area contributed by atoms with Crippen LogP contribution in [0.4, 0.5) is 0 Å². The second kappa shape index (κ2) is 6.93. The smallest absolute Gasteiger partial charge is 0.265 e. The second-order valence-corrected chi connectivity index (χ2v) is 5.88. The Morgan fingerprint density at radius 3 is 2.53 bits per heavy atom. The first-order valence-electron chi connectivity index (χ1n) is 6.64. The summed E-state index contributed by atoms with van der Waals surface area (Å²) < 4.78 is 0. The van der Waals surface area contributed by atoms with Crippen LogP contribution in [-0.2, 0) is 5.75 Å². The summed E-state index contributed by atoms with van der Waals surface area (Å²) >= 11 is 1.79. The fraction of sp³-hybridized carbons (Fsp3) is 0.500. The van der Waals surface area contributed by atoms with Gasteiger partial charge in [-0.1, -0.05) is 12.1 Å². The lowest BCUT2D eigenvalue weighted by molar-refractivity contribution is -0.884. The predicted octanol–water partition coefficient (Wildman–Crippen LogP) is 0.0247. The molecule has 2 N–H and O–H groups in total. The van der Waals surface area contributed by atoms with Crippen LogP contribution in [-0.4, -0.2) is 50.4 Å². The van der Waals surface area contributed by atoms with Crippen molar-refractivity contribution in [3.63, 3.8) is 0 Å². The maximum atomic E-state index is 12.1. The molecule has 1 aliphatic heterocycles. The number of piperazine rings is 1. The zero-order valence-electron chi connectivity index (χ0n) is 11.6. The molecule has 1 fully saturated rings. The highest BCUT2D eigenvalue weighted by Gasteiger charge is 2.18. The maximum Gasteiger partial charge on any atom is 0.265 e. The number of hydrazine groups is 1. The summed E-state index contributed by atoms with van der Waals surface area (Å²) in [6, 6.07) is 7.86. The van der Waals surface area contributed by atoms with Crippen LogP contribution in [0.2, 0.25) is 0 Å². The molecule has 0 radical (unpaired) electrons. The van der Waals surface area contributed by atoms with Crippen molar-refractivity contribution in [2.45, 2.75) is 5.75 Å². The van der Waals surface area contributed by atoms with Crippen molar-refractivity contribution in [1.82, 2.24) is 10.4 Å². The van der Waals surface area contributed by atoms with Crippen molar-refractivity contribution in [3.8, 4) is 0 Å². The molecule has 4 nitrogen and oxygen atoms in total. The molecule has 0 saturated carbocycles. The molecule has 1 amide bonds. The number of rotatable bonds is 4. The molecule has 104 valence electrons. The zero-order valence-corrected chi connectivity index (χ0v) is 12.4. The molecule has 1 saturated heterocycles. The van der Waals surface area contributed by atoms with Crippen LogP contribution >= 0.6 is 11.8 Å². The van der Waals surface area contributed by atoms with E-state index >= 15 is 0 Å². The van der Waals surface area contributed by atoms with Gasteiger partial charge >= 0.3 is 0 Å². The summed E-state index contributed by atoms with van der Waals surface area (Å²) in [6.45, 7) is 3.99. The van der Waals surface area contributed by atoms with Crippen molar-refractivity contribution in [1.29, 1.82) is 0 Å². The summed E-state index contributed by atoms with van der Waals surface area (Å²) in [5, 5.41) is 2.02. The average molecular weight is 280 g/mol. The van der Waals surface area contributed by atoms with Gasteiger partial charge in [-0.3, -0.25) is 10.2 Å². The lowest BCUT2D eigenvalue weighted by Crippen LogP contribution is -3.12. The van der Waals surface area contributed by atoms with E-state index in [9.17, 15) is 4.79 Å². The highest BCUT2D eigenvalue weighted by atomic mass is 32.2. The Kier molecular flexibility index (Phi) is 5.24. The molecule has 0 bridgehead atoms. The largest absolute Gasteiger partial charge is 0.335 e. The van der Waals surface area contributed by atoms with E-state index in [4.69, 9.17) is 0 Å². The third kappa shape index (κ3) is 4.23. The van der Waals surface area contributed by atoms with Gasteiger partial charge in [0.1, 0.15) is 0 Å². The normalized spacial score (nSPS) is 17.4. The molecule has 0 aromatic heterocycles. The molecule has 19 heavy (non-hydrogen) atoms. The predicted molar refractivity (Wildman–Crippen MR) is 79.3 cm³/mol. The number of nitrogens with zero attached hydrogens (tertiary/aromatic N) is 1. The van der Waals surface area contributed by atoms with E-state index in [1.54, 1.807) is 11.8 Å². The molecular weight excluding hydrogens is 258 g/mol. The van der Waals surface area contributed by atoms with Crippen LogP contribution in [0.3, 0.4) is 0 Å². The monoisotopic (exact) mass is 280 g/mol. The number of hydrogen-bond donors (Lipinski definition) is 2. The lowest BCUT2D eigenvalue weighted by atomic mass is 10.1. The number of carbonyl (C=O) groups is 1. The topological polar surface area (TPSA) is 36.8 Å². The molecule has 5 heteroatoms. The van der Waals surface area contributed by atoms with Crippen LogP contribution in [0.15, 0.2) is 24.3 Å². The van der Waals surface area contributed by atoms with Crippen LogP contribution in [0.1, 0.15) is 15.9 Å². The fourth-order valence-electron chi connectivity index (χ4n) is 2.13. The summed E-state index contributed by atoms with van der Waals surface area (Å²) in [6.07, 6.45) is 2.08. The minimum atomic E-state index is -0.00439. The van der Waals surface area contributed by atoms with Gasteiger partial charge in [0.2, 0.25) is 0 Å². The van der Waals surface area contributed by atoms with E-state index in [0.29, 0.717) is 0 Å².